The van der Waals surface area contributed by atoms with Crippen molar-refractivity contribution in [1.82, 2.24) is 4.57 Å². The number of aromatic nitrogens is 1. The highest BCUT2D eigenvalue weighted by Crippen LogP contribution is 2.71. The van der Waals surface area contributed by atoms with E-state index in [1.54, 1.807) is 11.1 Å². The topological polar surface area (TPSA) is 8.17 Å². The van der Waals surface area contributed by atoms with Crippen LogP contribution in [0.15, 0.2) is 279 Å². The molecule has 0 unspecified atom stereocenters. The lowest BCUT2D eigenvalue weighted by atomic mass is 9.43. The molecule has 0 aliphatic heterocycles. The van der Waals surface area contributed by atoms with E-state index in [-0.39, 0.29) is 10.8 Å². The van der Waals surface area contributed by atoms with Gasteiger partial charge in [-0.3, -0.25) is 0 Å². The van der Waals surface area contributed by atoms with E-state index in [0.717, 1.165) is 34.6 Å². The van der Waals surface area contributed by atoms with Crippen LogP contribution in [-0.4, -0.2) is 4.57 Å². The summed E-state index contributed by atoms with van der Waals surface area (Å²) < 4.78 is 2.42. The zero-order chi connectivity index (χ0) is 57.5. The molecule has 0 atom stereocenters. The molecule has 12 aromatic carbocycles. The second kappa shape index (κ2) is 19.4. The lowest BCUT2D eigenvalue weighted by molar-refractivity contribution is -0.0399. The zero-order valence-corrected chi connectivity index (χ0v) is 49.3. The summed E-state index contributed by atoms with van der Waals surface area (Å²) in [4.78, 5) is 2.50. The van der Waals surface area contributed by atoms with Crippen molar-refractivity contribution in [1.29, 1.82) is 0 Å². The van der Waals surface area contributed by atoms with Gasteiger partial charge in [-0.1, -0.05) is 196 Å². The Labute approximate surface area is 510 Å². The van der Waals surface area contributed by atoms with Crippen LogP contribution in [0.1, 0.15) is 68.2 Å². The minimum atomic E-state index is -0.0892. The highest BCUT2D eigenvalue weighted by molar-refractivity contribution is 6.11. The third-order valence-electron chi connectivity index (χ3n) is 21.5. The van der Waals surface area contributed by atoms with Gasteiger partial charge in [0.15, 0.2) is 0 Å². The van der Waals surface area contributed by atoms with Crippen molar-refractivity contribution in [2.75, 3.05) is 4.90 Å². The van der Waals surface area contributed by atoms with Gasteiger partial charge in [0.1, 0.15) is 0 Å². The summed E-state index contributed by atoms with van der Waals surface area (Å²) in [6, 6.07) is 106. The third kappa shape index (κ3) is 7.72. The number of hydrogen-bond donors (Lipinski definition) is 0. The number of rotatable bonds is 9. The van der Waals surface area contributed by atoms with Crippen LogP contribution in [-0.2, 0) is 10.8 Å². The first-order valence-corrected chi connectivity index (χ1v) is 31.7. The molecule has 13 aromatic rings. The quantitative estimate of drug-likeness (QED) is 0.140. The van der Waals surface area contributed by atoms with Crippen LogP contribution in [0, 0.1) is 23.7 Å². The fourth-order valence-electron chi connectivity index (χ4n) is 17.9. The monoisotopic (exact) mass is 1110 g/mol. The van der Waals surface area contributed by atoms with Gasteiger partial charge in [0.05, 0.1) is 11.0 Å². The summed E-state index contributed by atoms with van der Waals surface area (Å²) in [7, 11) is 0. The Morgan fingerprint density at radius 1 is 0.310 bits per heavy atom. The molecular weight excluding hydrogens is 1050 g/mol. The van der Waals surface area contributed by atoms with Gasteiger partial charge in [0.25, 0.3) is 0 Å². The van der Waals surface area contributed by atoms with E-state index in [2.05, 4.69) is 302 Å². The Hall–Kier alpha value is -9.76. The Morgan fingerprint density at radius 3 is 1.51 bits per heavy atom. The Morgan fingerprint density at radius 2 is 0.816 bits per heavy atom. The second-order valence-electron chi connectivity index (χ2n) is 26.4. The molecule has 2 heteroatoms. The number of para-hydroxylation sites is 2. The number of nitrogens with zero attached hydrogens (tertiary/aromatic N) is 2. The molecule has 4 bridgehead atoms. The van der Waals surface area contributed by atoms with Gasteiger partial charge in [0.2, 0.25) is 0 Å². The van der Waals surface area contributed by atoms with E-state index in [1.165, 1.54) is 143 Å². The highest BCUT2D eigenvalue weighted by atomic mass is 15.1. The van der Waals surface area contributed by atoms with Gasteiger partial charge in [-0.15, -0.1) is 0 Å². The van der Waals surface area contributed by atoms with Crippen molar-refractivity contribution < 1.29 is 0 Å². The Bertz CT molecular complexity index is 4790. The van der Waals surface area contributed by atoms with E-state index in [9.17, 15) is 0 Å². The fraction of sp³-hybridized carbons (Fsp3) is 0.153. The van der Waals surface area contributed by atoms with Crippen molar-refractivity contribution in [3.05, 3.63) is 301 Å². The smallest absolute Gasteiger partial charge is 0.0542 e. The van der Waals surface area contributed by atoms with Gasteiger partial charge in [-0.05, 0) is 253 Å². The molecule has 1 heterocycles. The molecule has 416 valence electrons. The predicted molar refractivity (Wildman–Crippen MR) is 363 cm³/mol. The standard InChI is InChI=1S/C85H66N2/c1-84(2)77-29-17-15-27-71(77)75-52-69(36-39-78(75)84)86(70-37-40-82-76(53-70)72-28-16-18-30-81(72)87(82)67-25-13-6-14-26-67)68-34-31-58(32-35-68)60-33-38-73-79(50-60)85(65-42-54-41-55(44-65)45-66(85)43-54)80-51-64(49-74(83(73)80)59-23-11-5-12-24-59)63-47-61(56-19-7-3-8-20-56)46-62(48-63)57-21-9-4-10-22-57/h3-40,46-55,65-66H,41-45H2,1-2H3. The van der Waals surface area contributed by atoms with Gasteiger partial charge in [-0.25, -0.2) is 0 Å². The lowest BCUT2D eigenvalue weighted by Crippen LogP contribution is -2.55. The first-order chi connectivity index (χ1) is 42.8. The minimum absolute atomic E-state index is 0.0767. The normalized spacial score (nSPS) is 19.7. The molecule has 0 radical (unpaired) electrons. The van der Waals surface area contributed by atoms with Crippen molar-refractivity contribution in [3.8, 4) is 83.6 Å². The summed E-state index contributed by atoms with van der Waals surface area (Å²) >= 11 is 0. The number of anilines is 3. The molecular formula is C85H66N2. The number of fused-ring (bicyclic) bond motifs is 9. The van der Waals surface area contributed by atoms with Crippen LogP contribution in [0.3, 0.4) is 0 Å². The maximum absolute atomic E-state index is 2.70. The van der Waals surface area contributed by atoms with Crippen LogP contribution in [0.2, 0.25) is 0 Å². The fourth-order valence-corrected chi connectivity index (χ4v) is 17.9. The molecule has 19 rings (SSSR count). The summed E-state index contributed by atoms with van der Waals surface area (Å²) in [5.74, 6) is 2.84. The van der Waals surface area contributed by atoms with Crippen molar-refractivity contribution in [2.45, 2.75) is 56.8 Å². The average Bonchev–Trinajstić information content (AvgIpc) is 1.62. The molecule has 6 aliphatic rings. The molecule has 2 nitrogen and oxygen atoms in total. The van der Waals surface area contributed by atoms with Crippen molar-refractivity contribution in [3.63, 3.8) is 0 Å². The maximum Gasteiger partial charge on any atom is 0.0542 e. The first kappa shape index (κ1) is 50.6. The van der Waals surface area contributed by atoms with Crippen LogP contribution in [0.5, 0.6) is 0 Å². The molecule has 6 aliphatic carbocycles. The van der Waals surface area contributed by atoms with Gasteiger partial charge in [0, 0.05) is 44.4 Å². The third-order valence-corrected chi connectivity index (χ3v) is 21.5. The molecule has 4 fully saturated rings. The van der Waals surface area contributed by atoms with Crippen molar-refractivity contribution in [2.24, 2.45) is 23.7 Å². The van der Waals surface area contributed by atoms with Gasteiger partial charge in [-0.2, -0.15) is 0 Å². The van der Waals surface area contributed by atoms with E-state index in [1.807, 2.05) is 0 Å². The first-order valence-electron chi connectivity index (χ1n) is 31.7. The molecule has 0 saturated heterocycles. The minimum Gasteiger partial charge on any atom is -0.310 e. The van der Waals surface area contributed by atoms with Crippen LogP contribution in [0.4, 0.5) is 17.1 Å². The summed E-state index contributed by atoms with van der Waals surface area (Å²) in [6.45, 7) is 4.75. The molecule has 0 N–H and O–H groups in total. The van der Waals surface area contributed by atoms with Crippen LogP contribution < -0.4 is 4.90 Å². The predicted octanol–water partition coefficient (Wildman–Crippen LogP) is 22.6. The average molecular weight is 1120 g/mol. The molecule has 4 saturated carbocycles. The molecule has 0 amide bonds. The van der Waals surface area contributed by atoms with E-state index < -0.39 is 0 Å². The van der Waals surface area contributed by atoms with Crippen molar-refractivity contribution >= 4 is 38.9 Å². The summed E-state index contributed by atoms with van der Waals surface area (Å²) in [5, 5.41) is 2.48. The number of hydrogen-bond acceptors (Lipinski definition) is 1. The maximum atomic E-state index is 2.70. The molecule has 1 aromatic heterocycles. The second-order valence-corrected chi connectivity index (χ2v) is 26.4. The zero-order valence-electron chi connectivity index (χ0n) is 49.3. The number of benzene rings is 12. The Kier molecular flexibility index (Phi) is 11.3. The van der Waals surface area contributed by atoms with E-state index in [4.69, 9.17) is 0 Å². The van der Waals surface area contributed by atoms with Gasteiger partial charge >= 0.3 is 0 Å². The lowest BCUT2D eigenvalue weighted by Gasteiger charge is -2.61. The summed E-state index contributed by atoms with van der Waals surface area (Å²) in [6.07, 6.45) is 6.68. The SMILES string of the molecule is CC1(C)c2ccccc2-c2cc(N(c3ccc(-c4ccc5c(c4)C4(c6cc(-c7cc(-c8ccccc8)cc(-c8ccccc8)c7)cc(-c7ccccc7)c6-5)C5CC6CC(C5)CC4C6)cc3)c3ccc4c(c3)c3ccccc3n4-c3ccccc3)ccc21. The molecule has 1 spiro atoms. The van der Waals surface area contributed by atoms with Crippen LogP contribution >= 0.6 is 0 Å². The van der Waals surface area contributed by atoms with Gasteiger partial charge < -0.3 is 9.47 Å². The highest BCUT2D eigenvalue weighted by Gasteiger charge is 2.62. The summed E-state index contributed by atoms with van der Waals surface area (Å²) in [5.41, 5.74) is 31.0. The molecule has 87 heavy (non-hydrogen) atoms. The largest absolute Gasteiger partial charge is 0.310 e. The van der Waals surface area contributed by atoms with E-state index >= 15 is 0 Å². The van der Waals surface area contributed by atoms with Crippen LogP contribution in [0.25, 0.3) is 105 Å². The Balaban J connectivity index is 0.799. The van der Waals surface area contributed by atoms with E-state index in [0.29, 0.717) is 11.8 Å².